The van der Waals surface area contributed by atoms with Crippen LogP contribution in [-0.4, -0.2) is 47.3 Å². The highest BCUT2D eigenvalue weighted by Gasteiger charge is 2.45. The smallest absolute Gasteiger partial charge is 0.191 e. The standard InChI is InChI=1S/C13H27N3OS.HI/c1-4-9-15-12(14-5-2)16-10-13(17)8-7-11(13)18-6-3;/h11,17H,4-10H2,1-3H3,(H2,14,15,16);1H. The van der Waals surface area contributed by atoms with Crippen LogP contribution in [0.5, 0.6) is 0 Å². The van der Waals surface area contributed by atoms with Crippen molar-refractivity contribution in [2.45, 2.75) is 50.9 Å². The van der Waals surface area contributed by atoms with Crippen molar-refractivity contribution in [3.8, 4) is 0 Å². The van der Waals surface area contributed by atoms with Crippen molar-refractivity contribution in [2.75, 3.05) is 25.4 Å². The molecule has 114 valence electrons. The topological polar surface area (TPSA) is 56.7 Å². The van der Waals surface area contributed by atoms with Gasteiger partial charge in [0.25, 0.3) is 0 Å². The third-order valence-electron chi connectivity index (χ3n) is 3.20. The second-order valence-electron chi connectivity index (χ2n) is 4.71. The van der Waals surface area contributed by atoms with Crippen molar-refractivity contribution in [1.29, 1.82) is 0 Å². The summed E-state index contributed by atoms with van der Waals surface area (Å²) in [7, 11) is 0. The fourth-order valence-corrected chi connectivity index (χ4v) is 3.21. The van der Waals surface area contributed by atoms with E-state index in [2.05, 4.69) is 36.4 Å². The summed E-state index contributed by atoms with van der Waals surface area (Å²) >= 11 is 1.85. The molecule has 1 aliphatic rings. The van der Waals surface area contributed by atoms with Gasteiger partial charge >= 0.3 is 0 Å². The fraction of sp³-hybridized carbons (Fsp3) is 0.923. The van der Waals surface area contributed by atoms with E-state index >= 15 is 0 Å². The number of halogens is 1. The van der Waals surface area contributed by atoms with E-state index in [1.807, 2.05) is 11.8 Å². The van der Waals surface area contributed by atoms with Gasteiger partial charge in [0, 0.05) is 18.3 Å². The second-order valence-corrected chi connectivity index (χ2v) is 6.19. The number of nitrogens with zero attached hydrogens (tertiary/aromatic N) is 1. The zero-order chi connectivity index (χ0) is 13.4. The number of nitrogens with one attached hydrogen (secondary N) is 2. The molecule has 0 aliphatic heterocycles. The molecule has 0 spiro atoms. The maximum atomic E-state index is 10.5. The molecule has 1 aliphatic carbocycles. The zero-order valence-electron chi connectivity index (χ0n) is 12.2. The molecule has 0 amide bonds. The van der Waals surface area contributed by atoms with Crippen molar-refractivity contribution in [2.24, 2.45) is 4.99 Å². The summed E-state index contributed by atoms with van der Waals surface area (Å²) in [5.41, 5.74) is -0.588. The minimum absolute atomic E-state index is 0. The van der Waals surface area contributed by atoms with Crippen LogP contribution in [-0.2, 0) is 0 Å². The van der Waals surface area contributed by atoms with Crippen LogP contribution in [0.25, 0.3) is 0 Å². The number of thioether (sulfide) groups is 1. The first-order chi connectivity index (χ1) is 8.66. The van der Waals surface area contributed by atoms with Crippen molar-refractivity contribution in [1.82, 2.24) is 10.6 Å². The molecule has 6 heteroatoms. The summed E-state index contributed by atoms with van der Waals surface area (Å²) < 4.78 is 0. The maximum absolute atomic E-state index is 10.5. The lowest BCUT2D eigenvalue weighted by Crippen LogP contribution is -2.53. The van der Waals surface area contributed by atoms with Gasteiger partial charge in [-0.2, -0.15) is 11.8 Å². The SMILES string of the molecule is CCCNC(=NCC1(O)CCC1SCC)NCC.I. The summed E-state index contributed by atoms with van der Waals surface area (Å²) in [5, 5.41) is 17.3. The Morgan fingerprint density at radius 3 is 2.58 bits per heavy atom. The molecule has 0 bridgehead atoms. The maximum Gasteiger partial charge on any atom is 0.191 e. The van der Waals surface area contributed by atoms with E-state index in [0.717, 1.165) is 44.1 Å². The first-order valence-corrected chi connectivity index (χ1v) is 8.07. The van der Waals surface area contributed by atoms with Crippen molar-refractivity contribution in [3.63, 3.8) is 0 Å². The molecule has 1 rings (SSSR count). The number of guanidine groups is 1. The number of rotatable bonds is 7. The molecular weight excluding hydrogens is 373 g/mol. The normalized spacial score (nSPS) is 26.3. The van der Waals surface area contributed by atoms with E-state index in [9.17, 15) is 5.11 Å². The second kappa shape index (κ2) is 10.1. The Hall–Kier alpha value is 0.310. The van der Waals surface area contributed by atoms with E-state index in [-0.39, 0.29) is 24.0 Å². The largest absolute Gasteiger partial charge is 0.387 e. The highest BCUT2D eigenvalue weighted by molar-refractivity contribution is 14.0. The monoisotopic (exact) mass is 401 g/mol. The van der Waals surface area contributed by atoms with Crippen LogP contribution in [0.2, 0.25) is 0 Å². The Labute approximate surface area is 138 Å². The van der Waals surface area contributed by atoms with Crippen molar-refractivity contribution >= 4 is 41.7 Å². The van der Waals surface area contributed by atoms with E-state index in [4.69, 9.17) is 0 Å². The Kier molecular flexibility index (Phi) is 10.3. The van der Waals surface area contributed by atoms with Crippen LogP contribution in [0.1, 0.15) is 40.0 Å². The van der Waals surface area contributed by atoms with Gasteiger partial charge in [0.1, 0.15) is 0 Å². The molecule has 2 atom stereocenters. The van der Waals surface area contributed by atoms with Crippen LogP contribution in [0.4, 0.5) is 0 Å². The van der Waals surface area contributed by atoms with Gasteiger partial charge in [-0.1, -0.05) is 13.8 Å². The molecule has 0 saturated heterocycles. The number of hydrogen-bond acceptors (Lipinski definition) is 3. The van der Waals surface area contributed by atoms with Gasteiger partial charge in [-0.3, -0.25) is 4.99 Å². The van der Waals surface area contributed by atoms with Crippen LogP contribution >= 0.6 is 35.7 Å². The lowest BCUT2D eigenvalue weighted by Gasteiger charge is -2.44. The number of hydrogen-bond donors (Lipinski definition) is 3. The Morgan fingerprint density at radius 1 is 1.37 bits per heavy atom. The lowest BCUT2D eigenvalue weighted by molar-refractivity contribution is -0.0154. The minimum atomic E-state index is -0.588. The van der Waals surface area contributed by atoms with Gasteiger partial charge in [0.15, 0.2) is 5.96 Å². The van der Waals surface area contributed by atoms with Crippen LogP contribution in [0.15, 0.2) is 4.99 Å². The molecule has 2 unspecified atom stereocenters. The third kappa shape index (κ3) is 6.08. The zero-order valence-corrected chi connectivity index (χ0v) is 15.4. The van der Waals surface area contributed by atoms with E-state index in [0.29, 0.717) is 11.8 Å². The lowest BCUT2D eigenvalue weighted by atomic mass is 9.79. The van der Waals surface area contributed by atoms with Gasteiger partial charge in [-0.05, 0) is 31.9 Å². The Balaban J connectivity index is 0.00000324. The molecule has 1 fully saturated rings. The van der Waals surface area contributed by atoms with Crippen LogP contribution in [0, 0.1) is 0 Å². The van der Waals surface area contributed by atoms with Crippen LogP contribution < -0.4 is 10.6 Å². The number of aliphatic hydroxyl groups is 1. The summed E-state index contributed by atoms with van der Waals surface area (Å²) in [6.07, 6.45) is 3.06. The molecular formula is C13H28IN3OS. The molecule has 19 heavy (non-hydrogen) atoms. The molecule has 4 nitrogen and oxygen atoms in total. The van der Waals surface area contributed by atoms with E-state index in [1.54, 1.807) is 0 Å². The molecule has 1 saturated carbocycles. The number of aliphatic imine (C=N–C) groups is 1. The quantitative estimate of drug-likeness (QED) is 0.348. The third-order valence-corrected chi connectivity index (χ3v) is 4.61. The van der Waals surface area contributed by atoms with E-state index < -0.39 is 5.60 Å². The Bertz CT molecular complexity index is 279. The first-order valence-electron chi connectivity index (χ1n) is 7.02. The van der Waals surface area contributed by atoms with Crippen molar-refractivity contribution in [3.05, 3.63) is 0 Å². The molecule has 3 N–H and O–H groups in total. The van der Waals surface area contributed by atoms with Gasteiger partial charge in [0.2, 0.25) is 0 Å². The minimum Gasteiger partial charge on any atom is -0.387 e. The molecule has 0 aromatic heterocycles. The predicted molar refractivity (Wildman–Crippen MR) is 95.8 cm³/mol. The first kappa shape index (κ1) is 19.3. The average molecular weight is 401 g/mol. The highest BCUT2D eigenvalue weighted by atomic mass is 127. The van der Waals surface area contributed by atoms with E-state index in [1.165, 1.54) is 0 Å². The average Bonchev–Trinajstić information content (AvgIpc) is 2.37. The molecule has 0 aromatic rings. The van der Waals surface area contributed by atoms with Gasteiger partial charge in [-0.25, -0.2) is 0 Å². The Morgan fingerprint density at radius 2 is 2.11 bits per heavy atom. The molecule has 0 aromatic carbocycles. The van der Waals surface area contributed by atoms with Gasteiger partial charge < -0.3 is 15.7 Å². The highest BCUT2D eigenvalue weighted by Crippen LogP contribution is 2.41. The summed E-state index contributed by atoms with van der Waals surface area (Å²) in [6, 6.07) is 0. The fourth-order valence-electron chi connectivity index (χ4n) is 2.02. The summed E-state index contributed by atoms with van der Waals surface area (Å²) in [6.45, 7) is 8.59. The van der Waals surface area contributed by atoms with Crippen molar-refractivity contribution < 1.29 is 5.11 Å². The van der Waals surface area contributed by atoms with Gasteiger partial charge in [-0.15, -0.1) is 24.0 Å². The van der Waals surface area contributed by atoms with Gasteiger partial charge in [0.05, 0.1) is 12.1 Å². The molecule has 0 heterocycles. The van der Waals surface area contributed by atoms with Crippen LogP contribution in [0.3, 0.4) is 0 Å². The molecule has 0 radical (unpaired) electrons. The summed E-state index contributed by atoms with van der Waals surface area (Å²) in [5.74, 6) is 1.88. The predicted octanol–water partition coefficient (Wildman–Crippen LogP) is 2.22. The summed E-state index contributed by atoms with van der Waals surface area (Å²) in [4.78, 5) is 4.51.